The molecule has 20 heavy (non-hydrogen) atoms. The second-order valence-corrected chi connectivity index (χ2v) is 6.73. The third-order valence-electron chi connectivity index (χ3n) is 4.02. The SMILES string of the molecule is CCCc1nc(N2CCN(C)C(C)C2)sc1CNCC. The van der Waals surface area contributed by atoms with Crippen LogP contribution in [0.25, 0.3) is 0 Å². The number of piperazine rings is 1. The number of hydrogen-bond donors (Lipinski definition) is 1. The molecule has 0 bridgehead atoms. The fraction of sp³-hybridized carbons (Fsp3) is 0.800. The largest absolute Gasteiger partial charge is 0.345 e. The van der Waals surface area contributed by atoms with Crippen molar-refractivity contribution in [3.8, 4) is 0 Å². The number of likely N-dealkylation sites (N-methyl/N-ethyl adjacent to an activating group) is 1. The summed E-state index contributed by atoms with van der Waals surface area (Å²) >= 11 is 1.88. The van der Waals surface area contributed by atoms with Gasteiger partial charge in [-0.3, -0.25) is 0 Å². The topological polar surface area (TPSA) is 31.4 Å². The van der Waals surface area contributed by atoms with Gasteiger partial charge in [-0.1, -0.05) is 20.3 Å². The van der Waals surface area contributed by atoms with Gasteiger partial charge in [0.05, 0.1) is 5.69 Å². The molecule has 1 N–H and O–H groups in total. The zero-order valence-electron chi connectivity index (χ0n) is 13.3. The lowest BCUT2D eigenvalue weighted by Crippen LogP contribution is -2.50. The van der Waals surface area contributed by atoms with Crippen molar-refractivity contribution in [2.45, 2.75) is 46.2 Å². The smallest absolute Gasteiger partial charge is 0.185 e. The Morgan fingerprint density at radius 1 is 1.35 bits per heavy atom. The van der Waals surface area contributed by atoms with E-state index < -0.39 is 0 Å². The highest BCUT2D eigenvalue weighted by atomic mass is 32.1. The molecule has 0 amide bonds. The lowest BCUT2D eigenvalue weighted by atomic mass is 10.2. The third-order valence-corrected chi connectivity index (χ3v) is 5.18. The van der Waals surface area contributed by atoms with Gasteiger partial charge in [0.2, 0.25) is 0 Å². The van der Waals surface area contributed by atoms with Gasteiger partial charge in [-0.2, -0.15) is 0 Å². The summed E-state index contributed by atoms with van der Waals surface area (Å²) in [5.74, 6) is 0. The van der Waals surface area contributed by atoms with Gasteiger partial charge in [0, 0.05) is 37.1 Å². The maximum atomic E-state index is 4.92. The van der Waals surface area contributed by atoms with Crippen LogP contribution in [0.15, 0.2) is 0 Å². The fourth-order valence-electron chi connectivity index (χ4n) is 2.54. The summed E-state index contributed by atoms with van der Waals surface area (Å²) in [5, 5.41) is 4.66. The molecule has 1 aliphatic heterocycles. The molecule has 1 aromatic rings. The maximum Gasteiger partial charge on any atom is 0.185 e. The summed E-state index contributed by atoms with van der Waals surface area (Å²) in [7, 11) is 2.21. The summed E-state index contributed by atoms with van der Waals surface area (Å²) in [5.41, 5.74) is 1.31. The van der Waals surface area contributed by atoms with Crippen molar-refractivity contribution >= 4 is 16.5 Å². The molecule has 2 rings (SSSR count). The highest BCUT2D eigenvalue weighted by Crippen LogP contribution is 2.28. The van der Waals surface area contributed by atoms with Crippen molar-refractivity contribution in [3.63, 3.8) is 0 Å². The van der Waals surface area contributed by atoms with Gasteiger partial charge in [-0.05, 0) is 26.9 Å². The summed E-state index contributed by atoms with van der Waals surface area (Å²) in [4.78, 5) is 11.2. The zero-order chi connectivity index (χ0) is 14.5. The highest BCUT2D eigenvalue weighted by Gasteiger charge is 2.23. The molecule has 0 radical (unpaired) electrons. The minimum atomic E-state index is 0.611. The van der Waals surface area contributed by atoms with E-state index in [1.165, 1.54) is 22.1 Å². The Morgan fingerprint density at radius 3 is 2.80 bits per heavy atom. The van der Waals surface area contributed by atoms with E-state index in [2.05, 4.69) is 42.9 Å². The van der Waals surface area contributed by atoms with Gasteiger partial charge in [0.15, 0.2) is 5.13 Å². The van der Waals surface area contributed by atoms with Crippen LogP contribution in [0.3, 0.4) is 0 Å². The van der Waals surface area contributed by atoms with Crippen molar-refractivity contribution in [3.05, 3.63) is 10.6 Å². The van der Waals surface area contributed by atoms with Crippen molar-refractivity contribution in [2.24, 2.45) is 0 Å². The van der Waals surface area contributed by atoms with Crippen LogP contribution in [-0.2, 0) is 13.0 Å². The number of hydrogen-bond acceptors (Lipinski definition) is 5. The molecule has 0 saturated carbocycles. The first-order chi connectivity index (χ1) is 9.65. The van der Waals surface area contributed by atoms with E-state index in [4.69, 9.17) is 4.98 Å². The first kappa shape index (κ1) is 15.7. The second kappa shape index (κ2) is 7.38. The minimum absolute atomic E-state index is 0.611. The maximum absolute atomic E-state index is 4.92. The van der Waals surface area contributed by atoms with E-state index in [0.717, 1.165) is 39.1 Å². The van der Waals surface area contributed by atoms with Crippen molar-refractivity contribution < 1.29 is 0 Å². The average molecular weight is 296 g/mol. The van der Waals surface area contributed by atoms with Gasteiger partial charge in [-0.25, -0.2) is 4.98 Å². The standard InChI is InChI=1S/C15H28N4S/c1-5-7-13-14(10-16-6-2)20-15(17-13)19-9-8-18(4)12(3)11-19/h12,16H,5-11H2,1-4H3. The number of aryl methyl sites for hydroxylation is 1. The minimum Gasteiger partial charge on any atom is -0.345 e. The Hall–Kier alpha value is -0.650. The van der Waals surface area contributed by atoms with Crippen LogP contribution in [0.1, 0.15) is 37.8 Å². The number of nitrogens with zero attached hydrogens (tertiary/aromatic N) is 3. The van der Waals surface area contributed by atoms with E-state index in [1.54, 1.807) is 0 Å². The molecule has 4 nitrogen and oxygen atoms in total. The first-order valence-electron chi connectivity index (χ1n) is 7.80. The Morgan fingerprint density at radius 2 is 2.15 bits per heavy atom. The third kappa shape index (κ3) is 3.71. The molecule has 0 aliphatic carbocycles. The Kier molecular flexibility index (Phi) is 5.81. The lowest BCUT2D eigenvalue weighted by Gasteiger charge is -2.37. The lowest BCUT2D eigenvalue weighted by molar-refractivity contribution is 0.234. The van der Waals surface area contributed by atoms with Gasteiger partial charge in [0.25, 0.3) is 0 Å². The van der Waals surface area contributed by atoms with Gasteiger partial charge < -0.3 is 15.1 Å². The number of thiazole rings is 1. The molecule has 5 heteroatoms. The molecule has 1 aromatic heterocycles. The fourth-order valence-corrected chi connectivity index (χ4v) is 3.65. The molecule has 1 unspecified atom stereocenters. The highest BCUT2D eigenvalue weighted by molar-refractivity contribution is 7.15. The predicted molar refractivity (Wildman–Crippen MR) is 87.8 cm³/mol. The van der Waals surface area contributed by atoms with Crippen LogP contribution in [0, 0.1) is 0 Å². The summed E-state index contributed by atoms with van der Waals surface area (Å²) < 4.78 is 0. The summed E-state index contributed by atoms with van der Waals surface area (Å²) in [6.07, 6.45) is 2.27. The van der Waals surface area contributed by atoms with Gasteiger partial charge in [0.1, 0.15) is 0 Å². The zero-order valence-corrected chi connectivity index (χ0v) is 14.1. The molecule has 1 aliphatic rings. The molecule has 0 aromatic carbocycles. The van der Waals surface area contributed by atoms with Crippen LogP contribution in [-0.4, -0.2) is 49.2 Å². The number of rotatable bonds is 6. The molecular weight excluding hydrogens is 268 g/mol. The van der Waals surface area contributed by atoms with E-state index in [1.807, 2.05) is 11.3 Å². The Balaban J connectivity index is 2.11. The average Bonchev–Trinajstić information content (AvgIpc) is 2.83. The van der Waals surface area contributed by atoms with E-state index >= 15 is 0 Å². The van der Waals surface area contributed by atoms with E-state index in [-0.39, 0.29) is 0 Å². The molecule has 1 atom stereocenters. The number of aromatic nitrogens is 1. The van der Waals surface area contributed by atoms with Crippen LogP contribution >= 0.6 is 11.3 Å². The molecule has 0 spiro atoms. The van der Waals surface area contributed by atoms with Crippen molar-refractivity contribution in [2.75, 3.05) is 38.1 Å². The van der Waals surface area contributed by atoms with Gasteiger partial charge >= 0.3 is 0 Å². The quantitative estimate of drug-likeness (QED) is 0.873. The van der Waals surface area contributed by atoms with Crippen LogP contribution in [0.5, 0.6) is 0 Å². The van der Waals surface area contributed by atoms with Crippen LogP contribution in [0.4, 0.5) is 5.13 Å². The Labute approximate surface area is 127 Å². The number of anilines is 1. The van der Waals surface area contributed by atoms with Crippen LogP contribution < -0.4 is 10.2 Å². The second-order valence-electron chi connectivity index (χ2n) is 5.67. The monoisotopic (exact) mass is 296 g/mol. The molecule has 2 heterocycles. The predicted octanol–water partition coefficient (Wildman–Crippen LogP) is 2.35. The summed E-state index contributed by atoms with van der Waals surface area (Å²) in [6, 6.07) is 0.611. The molecule has 1 saturated heterocycles. The first-order valence-corrected chi connectivity index (χ1v) is 8.61. The Bertz CT molecular complexity index is 418. The van der Waals surface area contributed by atoms with Crippen molar-refractivity contribution in [1.29, 1.82) is 0 Å². The van der Waals surface area contributed by atoms with Gasteiger partial charge in [-0.15, -0.1) is 11.3 Å². The van der Waals surface area contributed by atoms with Crippen LogP contribution in [0.2, 0.25) is 0 Å². The molecule has 114 valence electrons. The number of nitrogens with one attached hydrogen (secondary N) is 1. The van der Waals surface area contributed by atoms with Crippen molar-refractivity contribution in [1.82, 2.24) is 15.2 Å². The normalized spacial score (nSPS) is 20.6. The molecular formula is C15H28N4S. The van der Waals surface area contributed by atoms with E-state index in [0.29, 0.717) is 6.04 Å². The summed E-state index contributed by atoms with van der Waals surface area (Å²) in [6.45, 7) is 12.0. The van der Waals surface area contributed by atoms with E-state index in [9.17, 15) is 0 Å². The molecule has 1 fully saturated rings.